The first-order chi connectivity index (χ1) is 6.22. The van der Waals surface area contributed by atoms with E-state index in [-0.39, 0.29) is 5.91 Å². The molecule has 0 N–H and O–H groups in total. The summed E-state index contributed by atoms with van der Waals surface area (Å²) in [4.78, 5) is 13.3. The number of carbonyl (C=O) groups is 1. The number of hydrogen-bond acceptors (Lipinski definition) is 1. The summed E-state index contributed by atoms with van der Waals surface area (Å²) in [7, 11) is 0. The molecule has 2 rings (SSSR count). The maximum Gasteiger partial charge on any atom is 0.231 e. The second kappa shape index (κ2) is 3.29. The minimum Gasteiger partial charge on any atom is -0.312 e. The third-order valence-corrected chi connectivity index (χ3v) is 2.96. The highest BCUT2D eigenvalue weighted by Gasteiger charge is 2.25. The van der Waals surface area contributed by atoms with E-state index in [2.05, 4.69) is 28.7 Å². The van der Waals surface area contributed by atoms with Gasteiger partial charge >= 0.3 is 0 Å². The van der Waals surface area contributed by atoms with Crippen molar-refractivity contribution in [3.05, 3.63) is 27.3 Å². The third kappa shape index (κ3) is 1.45. The van der Waals surface area contributed by atoms with Gasteiger partial charge in [0, 0.05) is 15.8 Å². The molecule has 0 saturated carbocycles. The zero-order chi connectivity index (χ0) is 9.42. The molecule has 0 spiro atoms. The Morgan fingerprint density at radius 2 is 2.31 bits per heavy atom. The summed E-state index contributed by atoms with van der Waals surface area (Å²) in [6, 6.07) is 6.16. The SMILES string of the molecule is CCN1C(=O)Cc2cc(I)ccc21. The molecule has 1 aromatic carbocycles. The van der Waals surface area contributed by atoms with Gasteiger partial charge < -0.3 is 4.90 Å². The van der Waals surface area contributed by atoms with Crippen molar-refractivity contribution in [2.45, 2.75) is 13.3 Å². The average Bonchev–Trinajstić information content (AvgIpc) is 2.39. The molecule has 0 aromatic heterocycles. The molecule has 0 bridgehead atoms. The second-order valence-corrected chi connectivity index (χ2v) is 4.33. The van der Waals surface area contributed by atoms with Crippen LogP contribution in [0, 0.1) is 3.57 Å². The fourth-order valence-corrected chi connectivity index (χ4v) is 2.25. The molecule has 2 nitrogen and oxygen atoms in total. The van der Waals surface area contributed by atoms with Crippen LogP contribution in [0.25, 0.3) is 0 Å². The van der Waals surface area contributed by atoms with Crippen molar-refractivity contribution in [3.8, 4) is 0 Å². The first-order valence-corrected chi connectivity index (χ1v) is 5.39. The maximum atomic E-state index is 11.5. The third-order valence-electron chi connectivity index (χ3n) is 2.29. The molecule has 1 aliphatic rings. The number of hydrogen-bond donors (Lipinski definition) is 0. The van der Waals surface area contributed by atoms with Crippen LogP contribution in [0.1, 0.15) is 12.5 Å². The van der Waals surface area contributed by atoms with E-state index < -0.39 is 0 Å². The predicted molar refractivity (Wildman–Crippen MR) is 60.9 cm³/mol. The largest absolute Gasteiger partial charge is 0.312 e. The zero-order valence-corrected chi connectivity index (χ0v) is 9.54. The number of fused-ring (bicyclic) bond motifs is 1. The van der Waals surface area contributed by atoms with Crippen LogP contribution in [-0.4, -0.2) is 12.5 Å². The average molecular weight is 287 g/mol. The fraction of sp³-hybridized carbons (Fsp3) is 0.300. The number of anilines is 1. The molecule has 68 valence electrons. The van der Waals surface area contributed by atoms with Crippen LogP contribution in [0.2, 0.25) is 0 Å². The van der Waals surface area contributed by atoms with E-state index in [4.69, 9.17) is 0 Å². The maximum absolute atomic E-state index is 11.5. The summed E-state index contributed by atoms with van der Waals surface area (Å²) < 4.78 is 1.20. The molecule has 1 amide bonds. The molecule has 0 saturated heterocycles. The molecule has 0 radical (unpaired) electrons. The number of likely N-dealkylation sites (N-methyl/N-ethyl adjacent to an activating group) is 1. The van der Waals surface area contributed by atoms with Crippen LogP contribution < -0.4 is 4.90 Å². The molecule has 1 aliphatic heterocycles. The fourth-order valence-electron chi connectivity index (χ4n) is 1.70. The Bertz CT molecular complexity index is 362. The van der Waals surface area contributed by atoms with E-state index in [1.54, 1.807) is 0 Å². The normalized spacial score (nSPS) is 14.9. The summed E-state index contributed by atoms with van der Waals surface area (Å²) in [6.07, 6.45) is 0.569. The van der Waals surface area contributed by atoms with E-state index in [1.165, 1.54) is 9.13 Å². The minimum absolute atomic E-state index is 0.222. The number of halogens is 1. The monoisotopic (exact) mass is 287 g/mol. The highest BCUT2D eigenvalue weighted by molar-refractivity contribution is 14.1. The number of benzene rings is 1. The molecular formula is C10H10INO. The lowest BCUT2D eigenvalue weighted by molar-refractivity contribution is -0.117. The van der Waals surface area contributed by atoms with E-state index in [1.807, 2.05) is 24.0 Å². The summed E-state index contributed by atoms with van der Waals surface area (Å²) in [5.41, 5.74) is 2.26. The van der Waals surface area contributed by atoms with Gasteiger partial charge in [0.2, 0.25) is 5.91 Å². The van der Waals surface area contributed by atoms with Crippen LogP contribution in [0.3, 0.4) is 0 Å². The van der Waals surface area contributed by atoms with Crippen molar-refractivity contribution < 1.29 is 4.79 Å². The molecule has 1 heterocycles. The van der Waals surface area contributed by atoms with Crippen LogP contribution >= 0.6 is 22.6 Å². The van der Waals surface area contributed by atoms with Crippen molar-refractivity contribution >= 4 is 34.2 Å². The zero-order valence-electron chi connectivity index (χ0n) is 7.38. The standard InChI is InChI=1S/C10H10INO/c1-2-12-9-4-3-8(11)5-7(9)6-10(12)13/h3-5H,2,6H2,1H3. The quantitative estimate of drug-likeness (QED) is 0.725. The Labute approximate surface area is 91.1 Å². The minimum atomic E-state index is 0.222. The first-order valence-electron chi connectivity index (χ1n) is 4.31. The van der Waals surface area contributed by atoms with Gasteiger partial charge in [-0.1, -0.05) is 0 Å². The van der Waals surface area contributed by atoms with Crippen molar-refractivity contribution in [2.75, 3.05) is 11.4 Å². The first kappa shape index (κ1) is 8.99. The lowest BCUT2D eigenvalue weighted by Crippen LogP contribution is -2.25. The number of nitrogens with zero attached hydrogens (tertiary/aromatic N) is 1. The Kier molecular flexibility index (Phi) is 2.27. The topological polar surface area (TPSA) is 20.3 Å². The van der Waals surface area contributed by atoms with Gasteiger partial charge in [0.1, 0.15) is 0 Å². The molecule has 3 heteroatoms. The lowest BCUT2D eigenvalue weighted by Gasteiger charge is -2.14. The van der Waals surface area contributed by atoms with E-state index >= 15 is 0 Å². The lowest BCUT2D eigenvalue weighted by atomic mass is 10.2. The molecule has 1 aromatic rings. The molecule has 13 heavy (non-hydrogen) atoms. The summed E-state index contributed by atoms with van der Waals surface area (Å²) >= 11 is 2.27. The smallest absolute Gasteiger partial charge is 0.231 e. The van der Waals surface area contributed by atoms with Crippen LogP contribution in [0.15, 0.2) is 18.2 Å². The van der Waals surface area contributed by atoms with E-state index in [9.17, 15) is 4.79 Å². The van der Waals surface area contributed by atoms with Gasteiger partial charge in [-0.3, -0.25) is 4.79 Å². The van der Waals surface area contributed by atoms with Gasteiger partial charge in [-0.2, -0.15) is 0 Å². The molecular weight excluding hydrogens is 277 g/mol. The molecule has 0 aliphatic carbocycles. The summed E-state index contributed by atoms with van der Waals surface area (Å²) in [5, 5.41) is 0. The van der Waals surface area contributed by atoms with Crippen LogP contribution in [0.4, 0.5) is 5.69 Å². The Hall–Kier alpha value is -0.580. The number of rotatable bonds is 1. The second-order valence-electron chi connectivity index (χ2n) is 3.09. The Balaban J connectivity index is 2.48. The predicted octanol–water partition coefficient (Wildman–Crippen LogP) is 2.20. The summed E-state index contributed by atoms with van der Waals surface area (Å²) in [5.74, 6) is 0.222. The van der Waals surface area contributed by atoms with Crippen molar-refractivity contribution in [1.29, 1.82) is 0 Å². The number of amides is 1. The van der Waals surface area contributed by atoms with Gasteiger partial charge in [0.15, 0.2) is 0 Å². The van der Waals surface area contributed by atoms with Crippen molar-refractivity contribution in [2.24, 2.45) is 0 Å². The Morgan fingerprint density at radius 1 is 1.54 bits per heavy atom. The van der Waals surface area contributed by atoms with E-state index in [0.29, 0.717) is 6.42 Å². The Morgan fingerprint density at radius 3 is 3.00 bits per heavy atom. The van der Waals surface area contributed by atoms with Crippen molar-refractivity contribution in [3.63, 3.8) is 0 Å². The van der Waals surface area contributed by atoms with Gasteiger partial charge in [-0.05, 0) is 53.3 Å². The van der Waals surface area contributed by atoms with E-state index in [0.717, 1.165) is 12.2 Å². The summed E-state index contributed by atoms with van der Waals surface area (Å²) in [6.45, 7) is 2.78. The highest BCUT2D eigenvalue weighted by Crippen LogP contribution is 2.29. The number of carbonyl (C=O) groups excluding carboxylic acids is 1. The highest BCUT2D eigenvalue weighted by atomic mass is 127. The van der Waals surface area contributed by atoms with Crippen LogP contribution in [0.5, 0.6) is 0 Å². The molecule has 0 fully saturated rings. The van der Waals surface area contributed by atoms with Gasteiger partial charge in [-0.25, -0.2) is 0 Å². The van der Waals surface area contributed by atoms with Gasteiger partial charge in [0.05, 0.1) is 6.42 Å². The molecule has 0 atom stereocenters. The molecule has 0 unspecified atom stereocenters. The van der Waals surface area contributed by atoms with Crippen LogP contribution in [-0.2, 0) is 11.2 Å². The van der Waals surface area contributed by atoms with Gasteiger partial charge in [-0.15, -0.1) is 0 Å². The van der Waals surface area contributed by atoms with Gasteiger partial charge in [0.25, 0.3) is 0 Å². The van der Waals surface area contributed by atoms with Crippen molar-refractivity contribution in [1.82, 2.24) is 0 Å².